The topological polar surface area (TPSA) is 54.8 Å². The van der Waals surface area contributed by atoms with E-state index in [1.165, 1.54) is 0 Å². The van der Waals surface area contributed by atoms with Crippen molar-refractivity contribution >= 4 is 11.7 Å². The molecule has 0 aliphatic carbocycles. The highest BCUT2D eigenvalue weighted by molar-refractivity contribution is 6.09. The molecule has 0 saturated carbocycles. The smallest absolute Gasteiger partial charge is 0.272 e. The highest BCUT2D eigenvalue weighted by Crippen LogP contribution is 2.21. The number of benzene rings is 2. The van der Waals surface area contributed by atoms with Crippen LogP contribution in [0, 0.1) is 6.92 Å². The van der Waals surface area contributed by atoms with Crippen molar-refractivity contribution in [1.82, 2.24) is 9.88 Å². The number of pyridine rings is 1. The van der Waals surface area contributed by atoms with Crippen molar-refractivity contribution in [2.45, 2.75) is 26.0 Å². The SMILES string of the molecule is Cc1cccnc1C1=NOC(Cc2ccccc2)C(=O)N1Cc1ccccc1. The lowest BCUT2D eigenvalue weighted by Crippen LogP contribution is -2.48. The second-order valence-corrected chi connectivity index (χ2v) is 6.78. The Kier molecular flexibility index (Phi) is 5.15. The van der Waals surface area contributed by atoms with Gasteiger partial charge in [-0.05, 0) is 29.7 Å². The van der Waals surface area contributed by atoms with Crippen LogP contribution in [-0.2, 0) is 22.6 Å². The highest BCUT2D eigenvalue weighted by Gasteiger charge is 2.35. The molecule has 0 N–H and O–H groups in total. The van der Waals surface area contributed by atoms with Gasteiger partial charge in [-0.3, -0.25) is 14.7 Å². The first-order valence-electron chi connectivity index (χ1n) is 9.27. The number of aromatic nitrogens is 1. The fourth-order valence-corrected chi connectivity index (χ4v) is 3.25. The first-order chi connectivity index (χ1) is 13.7. The van der Waals surface area contributed by atoms with Crippen LogP contribution in [0.5, 0.6) is 0 Å². The molecular formula is C23H21N3O2. The lowest BCUT2D eigenvalue weighted by molar-refractivity contribution is -0.143. The van der Waals surface area contributed by atoms with Gasteiger partial charge in [-0.1, -0.05) is 71.9 Å². The number of hydrogen-bond acceptors (Lipinski definition) is 4. The summed E-state index contributed by atoms with van der Waals surface area (Å²) < 4.78 is 0. The summed E-state index contributed by atoms with van der Waals surface area (Å²) in [7, 11) is 0. The first kappa shape index (κ1) is 17.9. The standard InChI is InChI=1S/C23H21N3O2/c1-17-9-8-14-24-21(17)22-25-28-20(15-18-10-4-2-5-11-18)23(27)26(22)16-19-12-6-3-7-13-19/h2-14,20H,15-16H2,1H3. The van der Waals surface area contributed by atoms with Gasteiger partial charge in [0.1, 0.15) is 5.69 Å². The van der Waals surface area contributed by atoms with E-state index in [4.69, 9.17) is 4.84 Å². The molecule has 1 unspecified atom stereocenters. The molecule has 140 valence electrons. The summed E-state index contributed by atoms with van der Waals surface area (Å²) in [6.45, 7) is 2.37. The van der Waals surface area contributed by atoms with Gasteiger partial charge >= 0.3 is 0 Å². The molecule has 5 nitrogen and oxygen atoms in total. The number of amidine groups is 1. The molecule has 0 bridgehead atoms. The molecule has 1 aromatic heterocycles. The van der Waals surface area contributed by atoms with E-state index in [9.17, 15) is 4.79 Å². The summed E-state index contributed by atoms with van der Waals surface area (Å²) in [4.78, 5) is 25.1. The van der Waals surface area contributed by atoms with E-state index in [1.54, 1.807) is 11.1 Å². The van der Waals surface area contributed by atoms with Crippen LogP contribution in [0.1, 0.15) is 22.4 Å². The number of carbonyl (C=O) groups excluding carboxylic acids is 1. The Balaban J connectivity index is 1.68. The Hall–Kier alpha value is -3.47. The Morgan fingerprint density at radius 1 is 0.929 bits per heavy atom. The lowest BCUT2D eigenvalue weighted by atomic mass is 10.1. The Morgan fingerprint density at radius 2 is 1.61 bits per heavy atom. The van der Waals surface area contributed by atoms with E-state index in [-0.39, 0.29) is 5.91 Å². The number of oxime groups is 1. The molecule has 2 aromatic carbocycles. The van der Waals surface area contributed by atoms with Gasteiger partial charge in [-0.25, -0.2) is 0 Å². The molecular weight excluding hydrogens is 350 g/mol. The molecule has 3 aromatic rings. The minimum Gasteiger partial charge on any atom is -0.380 e. The molecule has 1 aliphatic rings. The van der Waals surface area contributed by atoms with E-state index in [0.29, 0.717) is 24.5 Å². The quantitative estimate of drug-likeness (QED) is 0.687. The summed E-state index contributed by atoms with van der Waals surface area (Å²) in [5.74, 6) is 0.346. The predicted molar refractivity (Wildman–Crippen MR) is 108 cm³/mol. The van der Waals surface area contributed by atoms with Crippen molar-refractivity contribution in [2.24, 2.45) is 5.16 Å². The zero-order chi connectivity index (χ0) is 19.3. The third-order valence-electron chi connectivity index (χ3n) is 4.73. The minimum atomic E-state index is -0.654. The van der Waals surface area contributed by atoms with E-state index in [0.717, 1.165) is 16.7 Å². The van der Waals surface area contributed by atoms with Crippen LogP contribution >= 0.6 is 0 Å². The summed E-state index contributed by atoms with van der Waals surface area (Å²) in [5.41, 5.74) is 3.66. The van der Waals surface area contributed by atoms with Gasteiger partial charge in [0.15, 0.2) is 0 Å². The molecule has 4 rings (SSSR count). The van der Waals surface area contributed by atoms with E-state index in [2.05, 4.69) is 10.1 Å². The van der Waals surface area contributed by atoms with E-state index in [1.807, 2.05) is 79.7 Å². The predicted octanol–water partition coefficient (Wildman–Crippen LogP) is 3.72. The molecule has 2 heterocycles. The summed E-state index contributed by atoms with van der Waals surface area (Å²) >= 11 is 0. The maximum absolute atomic E-state index is 13.3. The van der Waals surface area contributed by atoms with Gasteiger partial charge in [0.2, 0.25) is 11.9 Å². The number of hydrogen-bond donors (Lipinski definition) is 0. The average Bonchev–Trinajstić information content (AvgIpc) is 2.73. The molecule has 28 heavy (non-hydrogen) atoms. The van der Waals surface area contributed by atoms with Crippen LogP contribution < -0.4 is 0 Å². The minimum absolute atomic E-state index is 0.109. The largest absolute Gasteiger partial charge is 0.380 e. The van der Waals surface area contributed by atoms with Crippen molar-refractivity contribution in [2.75, 3.05) is 0 Å². The van der Waals surface area contributed by atoms with E-state index < -0.39 is 6.10 Å². The van der Waals surface area contributed by atoms with Crippen LogP contribution in [0.3, 0.4) is 0 Å². The lowest BCUT2D eigenvalue weighted by Gasteiger charge is -2.31. The molecule has 0 spiro atoms. The summed E-state index contributed by atoms with van der Waals surface area (Å²) in [5, 5.41) is 4.33. The molecule has 0 radical (unpaired) electrons. The third kappa shape index (κ3) is 3.78. The van der Waals surface area contributed by atoms with Gasteiger partial charge < -0.3 is 4.84 Å². The number of amides is 1. The fraction of sp³-hybridized carbons (Fsp3) is 0.174. The molecule has 5 heteroatoms. The van der Waals surface area contributed by atoms with Gasteiger partial charge in [0.25, 0.3) is 5.91 Å². The van der Waals surface area contributed by atoms with Gasteiger partial charge in [-0.15, -0.1) is 0 Å². The number of rotatable bonds is 5. The van der Waals surface area contributed by atoms with Crippen molar-refractivity contribution in [3.8, 4) is 0 Å². The van der Waals surface area contributed by atoms with Crippen LogP contribution in [-0.4, -0.2) is 27.7 Å². The van der Waals surface area contributed by atoms with E-state index >= 15 is 0 Å². The van der Waals surface area contributed by atoms with Crippen LogP contribution in [0.15, 0.2) is 84.1 Å². The first-order valence-corrected chi connectivity index (χ1v) is 9.27. The Bertz CT molecular complexity index is 987. The van der Waals surface area contributed by atoms with Gasteiger partial charge in [0.05, 0.1) is 6.54 Å². The summed E-state index contributed by atoms with van der Waals surface area (Å²) in [6.07, 6.45) is 1.52. The van der Waals surface area contributed by atoms with Crippen LogP contribution in [0.4, 0.5) is 0 Å². The van der Waals surface area contributed by atoms with Crippen molar-refractivity contribution in [3.63, 3.8) is 0 Å². The average molecular weight is 371 g/mol. The fourth-order valence-electron chi connectivity index (χ4n) is 3.25. The maximum Gasteiger partial charge on any atom is 0.272 e. The molecule has 1 amide bonds. The van der Waals surface area contributed by atoms with Crippen molar-refractivity contribution in [3.05, 3.63) is 101 Å². The van der Waals surface area contributed by atoms with Crippen LogP contribution in [0.25, 0.3) is 0 Å². The third-order valence-corrected chi connectivity index (χ3v) is 4.73. The zero-order valence-electron chi connectivity index (χ0n) is 15.7. The number of aryl methyl sites for hydroxylation is 1. The number of nitrogens with zero attached hydrogens (tertiary/aromatic N) is 3. The monoisotopic (exact) mass is 371 g/mol. The van der Waals surface area contributed by atoms with Crippen molar-refractivity contribution in [1.29, 1.82) is 0 Å². The zero-order valence-corrected chi connectivity index (χ0v) is 15.7. The van der Waals surface area contributed by atoms with Crippen molar-refractivity contribution < 1.29 is 9.63 Å². The molecule has 0 saturated heterocycles. The Labute approximate surface area is 164 Å². The molecule has 1 aliphatic heterocycles. The molecule has 0 fully saturated rings. The second-order valence-electron chi connectivity index (χ2n) is 6.78. The number of carbonyl (C=O) groups is 1. The second kappa shape index (κ2) is 8.05. The normalized spacial score (nSPS) is 16.5. The Morgan fingerprint density at radius 3 is 2.29 bits per heavy atom. The van der Waals surface area contributed by atoms with Crippen LogP contribution in [0.2, 0.25) is 0 Å². The summed E-state index contributed by atoms with van der Waals surface area (Å²) in [6, 6.07) is 23.5. The van der Waals surface area contributed by atoms with Gasteiger partial charge in [-0.2, -0.15) is 0 Å². The molecule has 1 atom stereocenters. The maximum atomic E-state index is 13.3. The highest BCUT2D eigenvalue weighted by atomic mass is 16.6. The van der Waals surface area contributed by atoms with Gasteiger partial charge in [0, 0.05) is 12.6 Å².